The zero-order chi connectivity index (χ0) is 24.8. The molecule has 9 heteroatoms. The average Bonchev–Trinajstić information content (AvgIpc) is 2.88. The number of benzene rings is 2. The number of anilines is 4. The highest BCUT2D eigenvalue weighted by Crippen LogP contribution is 2.28. The molecule has 9 nitrogen and oxygen atoms in total. The van der Waals surface area contributed by atoms with E-state index in [4.69, 9.17) is 5.73 Å². The molecular formula is C26H29N9. The van der Waals surface area contributed by atoms with Crippen molar-refractivity contribution < 1.29 is 0 Å². The molecule has 0 atom stereocenters. The maximum atomic E-state index is 9.79. The van der Waals surface area contributed by atoms with Crippen molar-refractivity contribution in [1.82, 2.24) is 14.9 Å². The number of amidine groups is 1. The van der Waals surface area contributed by atoms with Gasteiger partial charge in [-0.3, -0.25) is 0 Å². The third kappa shape index (κ3) is 5.75. The standard InChI is InChI=1S/C26H29N9/c1-4-35(32-19(2)28)23-8-6-22(7-9-23)30-26-29-12-11-24(31-26)20-5-10-25(21(17-20)18-27)34-15-13-33(3)14-16-34/h4-12,17H,1,13-16H2,2-3H3,(H2,28,32)(H,29,30,31). The number of likely N-dealkylation sites (N-methyl/N-ethyl adjacent to an activating group) is 1. The van der Waals surface area contributed by atoms with Crippen LogP contribution >= 0.6 is 0 Å². The molecule has 1 saturated heterocycles. The summed E-state index contributed by atoms with van der Waals surface area (Å²) in [6.45, 7) is 9.28. The first kappa shape index (κ1) is 23.7. The van der Waals surface area contributed by atoms with E-state index in [2.05, 4.69) is 49.9 Å². The van der Waals surface area contributed by atoms with E-state index in [0.29, 0.717) is 17.3 Å². The smallest absolute Gasteiger partial charge is 0.227 e. The highest BCUT2D eigenvalue weighted by atomic mass is 15.5. The normalized spacial score (nSPS) is 14.3. The molecule has 4 rings (SSSR count). The Labute approximate surface area is 205 Å². The molecule has 1 aliphatic rings. The van der Waals surface area contributed by atoms with Crippen LogP contribution in [0, 0.1) is 11.3 Å². The number of rotatable bonds is 7. The highest BCUT2D eigenvalue weighted by Gasteiger charge is 2.18. The first-order valence-corrected chi connectivity index (χ1v) is 11.4. The van der Waals surface area contributed by atoms with Crippen molar-refractivity contribution in [2.24, 2.45) is 10.8 Å². The van der Waals surface area contributed by atoms with Crippen LogP contribution in [0.15, 0.2) is 72.6 Å². The van der Waals surface area contributed by atoms with Crippen LogP contribution in [-0.2, 0) is 0 Å². The third-order valence-corrected chi connectivity index (χ3v) is 5.74. The number of hydrogen-bond donors (Lipinski definition) is 2. The second-order valence-corrected chi connectivity index (χ2v) is 8.34. The molecule has 0 amide bonds. The van der Waals surface area contributed by atoms with Gasteiger partial charge in [0.25, 0.3) is 0 Å². The van der Waals surface area contributed by atoms with Crippen molar-refractivity contribution in [3.05, 3.63) is 73.1 Å². The molecule has 0 bridgehead atoms. The summed E-state index contributed by atoms with van der Waals surface area (Å²) in [6, 6.07) is 17.7. The molecule has 35 heavy (non-hydrogen) atoms. The average molecular weight is 468 g/mol. The molecule has 1 fully saturated rings. The van der Waals surface area contributed by atoms with Crippen molar-refractivity contribution >= 4 is 28.8 Å². The van der Waals surface area contributed by atoms with Gasteiger partial charge in [0.15, 0.2) is 0 Å². The van der Waals surface area contributed by atoms with E-state index in [1.54, 1.807) is 24.3 Å². The van der Waals surface area contributed by atoms with Crippen molar-refractivity contribution in [1.29, 1.82) is 5.26 Å². The molecule has 3 aromatic rings. The number of hydrazone groups is 1. The van der Waals surface area contributed by atoms with E-state index >= 15 is 0 Å². The Kier molecular flexibility index (Phi) is 7.24. The quantitative estimate of drug-likeness (QED) is 0.307. The zero-order valence-corrected chi connectivity index (χ0v) is 20.0. The van der Waals surface area contributed by atoms with Crippen molar-refractivity contribution in [3.63, 3.8) is 0 Å². The summed E-state index contributed by atoms with van der Waals surface area (Å²) in [6.07, 6.45) is 3.30. The van der Waals surface area contributed by atoms with Gasteiger partial charge in [0, 0.05) is 49.8 Å². The lowest BCUT2D eigenvalue weighted by molar-refractivity contribution is 0.313. The second kappa shape index (κ2) is 10.7. The monoisotopic (exact) mass is 467 g/mol. The minimum absolute atomic E-state index is 0.438. The van der Waals surface area contributed by atoms with Crippen molar-refractivity contribution in [2.45, 2.75) is 6.92 Å². The summed E-state index contributed by atoms with van der Waals surface area (Å²) in [4.78, 5) is 13.6. The van der Waals surface area contributed by atoms with Crippen LogP contribution in [0.5, 0.6) is 0 Å². The summed E-state index contributed by atoms with van der Waals surface area (Å²) in [5.41, 5.74) is 10.6. The molecule has 0 radical (unpaired) electrons. The summed E-state index contributed by atoms with van der Waals surface area (Å²) < 4.78 is 0. The van der Waals surface area contributed by atoms with E-state index in [1.807, 2.05) is 48.5 Å². The molecule has 0 aliphatic carbocycles. The molecule has 0 saturated carbocycles. The number of nitrogens with one attached hydrogen (secondary N) is 1. The summed E-state index contributed by atoms with van der Waals surface area (Å²) in [5.74, 6) is 0.904. The van der Waals surface area contributed by atoms with Gasteiger partial charge < -0.3 is 20.9 Å². The molecule has 2 aromatic carbocycles. The Morgan fingerprint density at radius 2 is 1.91 bits per heavy atom. The maximum absolute atomic E-state index is 9.79. The number of piperazine rings is 1. The fourth-order valence-electron chi connectivity index (χ4n) is 3.89. The van der Waals surface area contributed by atoms with Crippen molar-refractivity contribution in [2.75, 3.05) is 48.5 Å². The number of aromatic nitrogens is 2. The number of nitrogens with zero attached hydrogens (tertiary/aromatic N) is 7. The van der Waals surface area contributed by atoms with Crippen LogP contribution in [0.4, 0.5) is 23.0 Å². The summed E-state index contributed by atoms with van der Waals surface area (Å²) >= 11 is 0. The van der Waals surface area contributed by atoms with Gasteiger partial charge >= 0.3 is 0 Å². The Hall–Kier alpha value is -4.42. The maximum Gasteiger partial charge on any atom is 0.227 e. The molecule has 0 spiro atoms. The van der Waals surface area contributed by atoms with Crippen LogP contribution in [-0.4, -0.2) is 53.9 Å². The minimum atomic E-state index is 0.438. The Bertz CT molecular complexity index is 1250. The van der Waals surface area contributed by atoms with Crippen LogP contribution < -0.4 is 21.0 Å². The molecule has 178 valence electrons. The van der Waals surface area contributed by atoms with Crippen LogP contribution in [0.3, 0.4) is 0 Å². The molecule has 1 aromatic heterocycles. The van der Waals surface area contributed by atoms with Gasteiger partial charge in [-0.25, -0.2) is 15.0 Å². The lowest BCUT2D eigenvalue weighted by Crippen LogP contribution is -2.44. The lowest BCUT2D eigenvalue weighted by atomic mass is 10.1. The molecule has 0 unspecified atom stereocenters. The first-order valence-electron chi connectivity index (χ1n) is 11.4. The van der Waals surface area contributed by atoms with E-state index in [1.165, 1.54) is 0 Å². The van der Waals surface area contributed by atoms with Gasteiger partial charge in [0.05, 0.1) is 22.6 Å². The Morgan fingerprint density at radius 3 is 2.57 bits per heavy atom. The second-order valence-electron chi connectivity index (χ2n) is 8.34. The highest BCUT2D eigenvalue weighted by molar-refractivity contribution is 5.79. The van der Waals surface area contributed by atoms with Crippen LogP contribution in [0.1, 0.15) is 12.5 Å². The van der Waals surface area contributed by atoms with Gasteiger partial charge in [0.2, 0.25) is 5.95 Å². The lowest BCUT2D eigenvalue weighted by Gasteiger charge is -2.34. The molecule has 1 aliphatic heterocycles. The summed E-state index contributed by atoms with van der Waals surface area (Å²) in [5, 5.41) is 18.8. The molecule has 3 N–H and O–H groups in total. The summed E-state index contributed by atoms with van der Waals surface area (Å²) in [7, 11) is 2.12. The Morgan fingerprint density at radius 1 is 1.17 bits per heavy atom. The fraction of sp³-hybridized carbons (Fsp3) is 0.231. The van der Waals surface area contributed by atoms with E-state index < -0.39 is 0 Å². The third-order valence-electron chi connectivity index (χ3n) is 5.74. The Balaban J connectivity index is 1.52. The van der Waals surface area contributed by atoms with Crippen LogP contribution in [0.25, 0.3) is 11.3 Å². The topological polar surface area (TPSA) is 110 Å². The zero-order valence-electron chi connectivity index (χ0n) is 20.0. The molecular weight excluding hydrogens is 438 g/mol. The fourth-order valence-corrected chi connectivity index (χ4v) is 3.89. The van der Waals surface area contributed by atoms with Crippen LogP contribution in [0.2, 0.25) is 0 Å². The van der Waals surface area contributed by atoms with E-state index in [0.717, 1.165) is 54.5 Å². The predicted molar refractivity (Wildman–Crippen MR) is 142 cm³/mol. The minimum Gasteiger partial charge on any atom is -0.386 e. The SMILES string of the molecule is C=CN(/N=C(/C)N)c1ccc(Nc2nccc(-c3ccc(N4CCN(C)CC4)c(C#N)c3)n2)cc1. The van der Waals surface area contributed by atoms with E-state index in [9.17, 15) is 5.26 Å². The number of nitrogens with two attached hydrogens (primary N) is 1. The van der Waals surface area contributed by atoms with Gasteiger partial charge in [-0.05, 0) is 56.4 Å². The first-order chi connectivity index (χ1) is 17.0. The predicted octanol–water partition coefficient (Wildman–Crippen LogP) is 3.75. The number of nitriles is 1. The molecule has 2 heterocycles. The van der Waals surface area contributed by atoms with Gasteiger partial charge in [-0.15, -0.1) is 0 Å². The van der Waals surface area contributed by atoms with E-state index in [-0.39, 0.29) is 0 Å². The van der Waals surface area contributed by atoms with Gasteiger partial charge in [0.1, 0.15) is 11.9 Å². The largest absolute Gasteiger partial charge is 0.386 e. The number of hydrogen-bond acceptors (Lipinski definition) is 8. The van der Waals surface area contributed by atoms with Gasteiger partial charge in [-0.1, -0.05) is 12.6 Å². The van der Waals surface area contributed by atoms with Crippen molar-refractivity contribution in [3.8, 4) is 17.3 Å². The van der Waals surface area contributed by atoms with Gasteiger partial charge in [-0.2, -0.15) is 10.4 Å².